The molecule has 1 fully saturated rings. The molecule has 2 atom stereocenters. The molecule has 0 aromatic heterocycles. The van der Waals surface area contributed by atoms with Crippen LogP contribution in [0.25, 0.3) is 0 Å². The summed E-state index contributed by atoms with van der Waals surface area (Å²) in [5, 5.41) is 0.867. The minimum absolute atomic E-state index is 0.0732. The molecule has 0 saturated carbocycles. The van der Waals surface area contributed by atoms with Gasteiger partial charge in [0.15, 0.2) is 9.84 Å². The van der Waals surface area contributed by atoms with Crippen LogP contribution in [0, 0.1) is 5.92 Å². The summed E-state index contributed by atoms with van der Waals surface area (Å²) in [6.07, 6.45) is 0.590. The molecule has 2 unspecified atom stereocenters. The van der Waals surface area contributed by atoms with Crippen LogP contribution in [0.4, 0.5) is 0 Å². The predicted molar refractivity (Wildman–Crippen MR) is 70.2 cm³/mol. The minimum atomic E-state index is -2.93. The van der Waals surface area contributed by atoms with E-state index in [2.05, 4.69) is 0 Å². The van der Waals surface area contributed by atoms with Gasteiger partial charge < -0.3 is 5.73 Å². The molecular weight excluding hydrogens is 281 g/mol. The molecule has 0 bridgehead atoms. The van der Waals surface area contributed by atoms with Crippen molar-refractivity contribution < 1.29 is 8.42 Å². The first kappa shape index (κ1) is 13.1. The Bertz CT molecular complexity index is 530. The van der Waals surface area contributed by atoms with E-state index < -0.39 is 9.84 Å². The molecular formula is C11H13Cl2NO2S. The van der Waals surface area contributed by atoms with E-state index in [9.17, 15) is 8.42 Å². The second-order valence-electron chi connectivity index (χ2n) is 4.33. The van der Waals surface area contributed by atoms with Gasteiger partial charge in [-0.2, -0.15) is 0 Å². The third-order valence-corrected chi connectivity index (χ3v) is 5.74. The average molecular weight is 294 g/mol. The van der Waals surface area contributed by atoms with E-state index in [1.807, 2.05) is 0 Å². The Hall–Kier alpha value is -0.290. The Labute approximate surface area is 111 Å². The molecule has 94 valence electrons. The van der Waals surface area contributed by atoms with E-state index in [4.69, 9.17) is 28.9 Å². The average Bonchev–Trinajstić information content (AvgIpc) is 2.62. The largest absolute Gasteiger partial charge is 0.324 e. The number of hydrogen-bond acceptors (Lipinski definition) is 3. The van der Waals surface area contributed by atoms with Crippen molar-refractivity contribution in [3.8, 4) is 0 Å². The SMILES string of the molecule is NC(c1cccc(Cl)c1Cl)C1CCS(=O)(=O)C1. The lowest BCUT2D eigenvalue weighted by Crippen LogP contribution is -2.22. The van der Waals surface area contributed by atoms with E-state index in [-0.39, 0.29) is 23.5 Å². The van der Waals surface area contributed by atoms with E-state index >= 15 is 0 Å². The van der Waals surface area contributed by atoms with Gasteiger partial charge >= 0.3 is 0 Å². The van der Waals surface area contributed by atoms with Crippen LogP contribution < -0.4 is 5.73 Å². The Morgan fingerprint density at radius 2 is 2.06 bits per heavy atom. The molecule has 2 N–H and O–H groups in total. The summed E-state index contributed by atoms with van der Waals surface area (Å²) in [6.45, 7) is 0. The zero-order valence-corrected chi connectivity index (χ0v) is 11.4. The third-order valence-electron chi connectivity index (χ3n) is 3.12. The highest BCUT2D eigenvalue weighted by atomic mass is 35.5. The predicted octanol–water partition coefficient (Wildman–Crippen LogP) is 2.43. The van der Waals surface area contributed by atoms with E-state index in [0.29, 0.717) is 16.5 Å². The highest BCUT2D eigenvalue weighted by Crippen LogP contribution is 2.35. The maximum atomic E-state index is 11.4. The molecule has 0 aliphatic carbocycles. The minimum Gasteiger partial charge on any atom is -0.324 e. The lowest BCUT2D eigenvalue weighted by atomic mass is 9.93. The van der Waals surface area contributed by atoms with Gasteiger partial charge in [-0.25, -0.2) is 8.42 Å². The summed E-state index contributed by atoms with van der Waals surface area (Å²) in [7, 11) is -2.93. The molecule has 1 aliphatic heterocycles. The van der Waals surface area contributed by atoms with E-state index in [0.717, 1.165) is 5.56 Å². The quantitative estimate of drug-likeness (QED) is 0.911. The summed E-state index contributed by atoms with van der Waals surface area (Å²) in [4.78, 5) is 0. The number of sulfone groups is 1. The van der Waals surface area contributed by atoms with Gasteiger partial charge in [0.05, 0.1) is 21.6 Å². The molecule has 3 nitrogen and oxygen atoms in total. The normalized spacial score (nSPS) is 24.8. The Morgan fingerprint density at radius 1 is 1.35 bits per heavy atom. The number of rotatable bonds is 2. The van der Waals surface area contributed by atoms with Gasteiger partial charge in [-0.1, -0.05) is 35.3 Å². The zero-order valence-electron chi connectivity index (χ0n) is 9.07. The van der Waals surface area contributed by atoms with Gasteiger partial charge in [0.25, 0.3) is 0 Å². The summed E-state index contributed by atoms with van der Waals surface area (Å²) >= 11 is 12.0. The highest BCUT2D eigenvalue weighted by Gasteiger charge is 2.33. The van der Waals surface area contributed by atoms with Crippen LogP contribution in [0.15, 0.2) is 18.2 Å². The molecule has 17 heavy (non-hydrogen) atoms. The first-order valence-corrected chi connectivity index (χ1v) is 7.88. The number of nitrogens with two attached hydrogens (primary N) is 1. The van der Waals surface area contributed by atoms with Gasteiger partial charge in [-0.05, 0) is 24.0 Å². The zero-order chi connectivity index (χ0) is 12.6. The monoisotopic (exact) mass is 293 g/mol. The number of hydrogen-bond donors (Lipinski definition) is 1. The maximum absolute atomic E-state index is 11.4. The van der Waals surface area contributed by atoms with Crippen molar-refractivity contribution in [2.45, 2.75) is 12.5 Å². The van der Waals surface area contributed by atoms with Crippen molar-refractivity contribution in [1.82, 2.24) is 0 Å². The van der Waals surface area contributed by atoms with Gasteiger partial charge in [0.2, 0.25) is 0 Å². The molecule has 1 aliphatic rings. The second-order valence-corrected chi connectivity index (χ2v) is 7.35. The van der Waals surface area contributed by atoms with E-state index in [1.165, 1.54) is 0 Å². The topological polar surface area (TPSA) is 60.2 Å². The van der Waals surface area contributed by atoms with Crippen LogP contribution in [-0.4, -0.2) is 19.9 Å². The summed E-state index contributed by atoms with van der Waals surface area (Å²) in [6, 6.07) is 4.88. The maximum Gasteiger partial charge on any atom is 0.150 e. The van der Waals surface area contributed by atoms with Crippen LogP contribution in [0.3, 0.4) is 0 Å². The van der Waals surface area contributed by atoms with Crippen molar-refractivity contribution in [1.29, 1.82) is 0 Å². The molecule has 1 saturated heterocycles. The fraction of sp³-hybridized carbons (Fsp3) is 0.455. The molecule has 0 amide bonds. The second kappa shape index (κ2) is 4.76. The number of benzene rings is 1. The van der Waals surface area contributed by atoms with Crippen LogP contribution in [0.2, 0.25) is 10.0 Å². The van der Waals surface area contributed by atoms with Gasteiger partial charge in [-0.15, -0.1) is 0 Å². The molecule has 0 spiro atoms. The van der Waals surface area contributed by atoms with Gasteiger partial charge in [-0.3, -0.25) is 0 Å². The van der Waals surface area contributed by atoms with Crippen LogP contribution >= 0.6 is 23.2 Å². The Kier molecular flexibility index (Phi) is 3.69. The molecule has 1 aromatic rings. The Morgan fingerprint density at radius 3 is 2.65 bits per heavy atom. The third kappa shape index (κ3) is 2.76. The first-order valence-electron chi connectivity index (χ1n) is 5.30. The molecule has 1 aromatic carbocycles. The summed E-state index contributed by atoms with van der Waals surface area (Å²) < 4.78 is 22.8. The van der Waals surface area contributed by atoms with Crippen LogP contribution in [-0.2, 0) is 9.84 Å². The van der Waals surface area contributed by atoms with Crippen molar-refractivity contribution in [2.75, 3.05) is 11.5 Å². The molecule has 0 radical (unpaired) electrons. The molecule has 1 heterocycles. The fourth-order valence-corrected chi connectivity index (χ4v) is 4.43. The lowest BCUT2D eigenvalue weighted by Gasteiger charge is -2.19. The number of halogens is 2. The van der Waals surface area contributed by atoms with Crippen LogP contribution in [0.1, 0.15) is 18.0 Å². The van der Waals surface area contributed by atoms with Crippen molar-refractivity contribution in [3.05, 3.63) is 33.8 Å². The molecule has 2 rings (SSSR count). The molecule has 6 heteroatoms. The van der Waals surface area contributed by atoms with E-state index in [1.54, 1.807) is 18.2 Å². The fourth-order valence-electron chi connectivity index (χ4n) is 2.14. The Balaban J connectivity index is 2.26. The summed E-state index contributed by atoms with van der Waals surface area (Å²) in [5.41, 5.74) is 6.81. The smallest absolute Gasteiger partial charge is 0.150 e. The highest BCUT2D eigenvalue weighted by molar-refractivity contribution is 7.91. The van der Waals surface area contributed by atoms with Crippen LogP contribution in [0.5, 0.6) is 0 Å². The van der Waals surface area contributed by atoms with Gasteiger partial charge in [0, 0.05) is 6.04 Å². The van der Waals surface area contributed by atoms with Crippen molar-refractivity contribution >= 4 is 33.0 Å². The van der Waals surface area contributed by atoms with Crippen molar-refractivity contribution in [2.24, 2.45) is 11.7 Å². The van der Waals surface area contributed by atoms with Gasteiger partial charge in [0.1, 0.15) is 0 Å². The van der Waals surface area contributed by atoms with Crippen molar-refractivity contribution in [3.63, 3.8) is 0 Å². The lowest BCUT2D eigenvalue weighted by molar-refractivity contribution is 0.480. The summed E-state index contributed by atoms with van der Waals surface area (Å²) in [5.74, 6) is 0.275. The standard InChI is InChI=1S/C11H13Cl2NO2S/c12-9-3-1-2-8(10(9)13)11(14)7-4-5-17(15,16)6-7/h1-3,7,11H,4-6,14H2. The first-order chi connectivity index (χ1) is 7.91.